The van der Waals surface area contributed by atoms with Crippen molar-refractivity contribution in [2.75, 3.05) is 13.2 Å². The predicted octanol–water partition coefficient (Wildman–Crippen LogP) is 12.5. The molecule has 0 aromatic heterocycles. The molecule has 64 heavy (non-hydrogen) atoms. The molecule has 6 atom stereocenters. The Morgan fingerprint density at radius 2 is 0.828 bits per heavy atom. The van der Waals surface area contributed by atoms with Gasteiger partial charge in [-0.1, -0.05) is 192 Å². The quantitative estimate of drug-likeness (QED) is 0.0261. The Labute approximate surface area is 389 Å². The smallest absolute Gasteiger partial charge is 0.335 e. The number of ether oxygens (including phenoxy) is 4. The van der Waals surface area contributed by atoms with Crippen molar-refractivity contribution in [2.24, 2.45) is 0 Å². The molecule has 11 heteroatoms. The minimum absolute atomic E-state index is 0.183. The van der Waals surface area contributed by atoms with Crippen LogP contribution in [0.4, 0.5) is 0 Å². The van der Waals surface area contributed by atoms with Crippen LogP contribution in [0.3, 0.4) is 0 Å². The van der Waals surface area contributed by atoms with Crippen LogP contribution in [0.1, 0.15) is 245 Å². The first-order chi connectivity index (χ1) is 31.2. The summed E-state index contributed by atoms with van der Waals surface area (Å²) in [5.74, 6) is -2.43. The SMILES string of the molecule is CCCCCCCC/C=C\CCCCCCCCCCCC(=O)OCC(COC1OC(C(=O)O)C(O)C(O)C1O)OC(=O)CCCCCCCCCCC/C=C\CCCCCCCC. The third-order valence-corrected chi connectivity index (χ3v) is 12.3. The third-order valence-electron chi connectivity index (χ3n) is 12.3. The Hall–Kier alpha value is -2.31. The van der Waals surface area contributed by atoms with E-state index < -0.39 is 54.7 Å². The molecule has 0 amide bonds. The van der Waals surface area contributed by atoms with Gasteiger partial charge in [0.15, 0.2) is 18.5 Å². The number of rotatable bonds is 45. The molecule has 1 rings (SSSR count). The summed E-state index contributed by atoms with van der Waals surface area (Å²) in [6.07, 6.45) is 40.8. The zero-order chi connectivity index (χ0) is 46.7. The monoisotopic (exact) mass is 909 g/mol. The number of aliphatic hydroxyl groups excluding tert-OH is 3. The first-order valence-corrected chi connectivity index (χ1v) is 26.4. The van der Waals surface area contributed by atoms with Gasteiger partial charge >= 0.3 is 17.9 Å². The molecule has 6 unspecified atom stereocenters. The lowest BCUT2D eigenvalue weighted by molar-refractivity contribution is -0.298. The Morgan fingerprint density at radius 1 is 0.469 bits per heavy atom. The number of allylic oxidation sites excluding steroid dienone is 4. The number of aliphatic carboxylic acids is 1. The number of carbonyl (C=O) groups is 3. The summed E-state index contributed by atoms with van der Waals surface area (Å²) < 4.78 is 21.8. The van der Waals surface area contributed by atoms with Crippen LogP contribution >= 0.6 is 0 Å². The van der Waals surface area contributed by atoms with Gasteiger partial charge in [0.05, 0.1) is 6.61 Å². The van der Waals surface area contributed by atoms with Gasteiger partial charge in [-0.3, -0.25) is 9.59 Å². The molecule has 11 nitrogen and oxygen atoms in total. The second-order valence-electron chi connectivity index (χ2n) is 18.4. The van der Waals surface area contributed by atoms with Gasteiger partial charge < -0.3 is 39.4 Å². The average molecular weight is 909 g/mol. The molecule has 1 aliphatic rings. The van der Waals surface area contributed by atoms with Gasteiger partial charge in [-0.2, -0.15) is 0 Å². The number of carbonyl (C=O) groups excluding carboxylic acids is 2. The van der Waals surface area contributed by atoms with E-state index in [9.17, 15) is 34.8 Å². The largest absolute Gasteiger partial charge is 0.479 e. The maximum atomic E-state index is 12.8. The Morgan fingerprint density at radius 3 is 1.22 bits per heavy atom. The van der Waals surface area contributed by atoms with Gasteiger partial charge in [-0.05, 0) is 64.2 Å². The molecule has 4 N–H and O–H groups in total. The molecule has 374 valence electrons. The van der Waals surface area contributed by atoms with E-state index in [2.05, 4.69) is 38.2 Å². The van der Waals surface area contributed by atoms with Gasteiger partial charge in [-0.25, -0.2) is 4.79 Å². The van der Waals surface area contributed by atoms with Crippen LogP contribution in [0.5, 0.6) is 0 Å². The van der Waals surface area contributed by atoms with Crippen molar-refractivity contribution in [3.05, 3.63) is 24.3 Å². The van der Waals surface area contributed by atoms with Crippen molar-refractivity contribution in [2.45, 2.75) is 282 Å². The second kappa shape index (κ2) is 43.3. The summed E-state index contributed by atoms with van der Waals surface area (Å²) in [4.78, 5) is 37.0. The van der Waals surface area contributed by atoms with Crippen molar-refractivity contribution in [3.63, 3.8) is 0 Å². The standard InChI is InChI=1S/C53H96O11/c1-3-5-7-9-11-13-15-17-19-21-23-25-27-29-31-33-35-37-39-41-46(54)61-43-45(44-62-53-50(58)48(56)49(57)51(64-53)52(59)60)63-47(55)42-40-38-36-34-32-30-28-26-24-22-20-18-16-14-12-10-8-6-4-2/h17-20,45,48-51,53,56-58H,3-16,21-44H2,1-2H3,(H,59,60)/b19-17-,20-18-. The summed E-state index contributed by atoms with van der Waals surface area (Å²) >= 11 is 0. The topological polar surface area (TPSA) is 169 Å². The number of hydrogen-bond acceptors (Lipinski definition) is 10. The van der Waals surface area contributed by atoms with Gasteiger partial charge in [0.2, 0.25) is 0 Å². The first kappa shape index (κ1) is 59.7. The summed E-state index contributed by atoms with van der Waals surface area (Å²) in [6.45, 7) is 3.84. The van der Waals surface area contributed by atoms with Crippen molar-refractivity contribution in [3.8, 4) is 0 Å². The molecule has 0 bridgehead atoms. The minimum Gasteiger partial charge on any atom is -0.479 e. The highest BCUT2D eigenvalue weighted by Crippen LogP contribution is 2.23. The summed E-state index contributed by atoms with van der Waals surface area (Å²) in [6, 6.07) is 0. The fourth-order valence-corrected chi connectivity index (χ4v) is 8.11. The molecular weight excluding hydrogens is 813 g/mol. The van der Waals surface area contributed by atoms with Crippen LogP contribution in [0.15, 0.2) is 24.3 Å². The van der Waals surface area contributed by atoms with Crippen LogP contribution < -0.4 is 0 Å². The molecule has 0 spiro atoms. The number of hydrogen-bond donors (Lipinski definition) is 4. The molecule has 0 aromatic carbocycles. The molecule has 1 heterocycles. The van der Waals surface area contributed by atoms with E-state index >= 15 is 0 Å². The van der Waals surface area contributed by atoms with Crippen molar-refractivity contribution < 1.29 is 53.8 Å². The molecule has 1 aliphatic heterocycles. The van der Waals surface area contributed by atoms with Gasteiger partial charge in [0.1, 0.15) is 24.9 Å². The van der Waals surface area contributed by atoms with Crippen molar-refractivity contribution in [1.82, 2.24) is 0 Å². The number of carboxylic acid groups (broad SMARTS) is 1. The van der Waals surface area contributed by atoms with E-state index in [-0.39, 0.29) is 26.1 Å². The fourth-order valence-electron chi connectivity index (χ4n) is 8.11. The Kier molecular flexibility index (Phi) is 40.4. The Bertz CT molecular complexity index is 1160. The van der Waals surface area contributed by atoms with Crippen LogP contribution in [0.25, 0.3) is 0 Å². The molecule has 1 fully saturated rings. The highest BCUT2D eigenvalue weighted by Gasteiger charge is 2.47. The molecule has 0 radical (unpaired) electrons. The van der Waals surface area contributed by atoms with E-state index in [1.807, 2.05) is 0 Å². The van der Waals surface area contributed by atoms with E-state index in [1.54, 1.807) is 0 Å². The van der Waals surface area contributed by atoms with Crippen LogP contribution in [0, 0.1) is 0 Å². The van der Waals surface area contributed by atoms with Gasteiger partial charge in [0, 0.05) is 12.8 Å². The average Bonchev–Trinajstić information content (AvgIpc) is 3.28. The van der Waals surface area contributed by atoms with Gasteiger partial charge in [-0.15, -0.1) is 0 Å². The van der Waals surface area contributed by atoms with Crippen molar-refractivity contribution in [1.29, 1.82) is 0 Å². The molecular formula is C53H96O11. The summed E-state index contributed by atoms with van der Waals surface area (Å²) in [5.41, 5.74) is 0. The van der Waals surface area contributed by atoms with Crippen molar-refractivity contribution >= 4 is 17.9 Å². The lowest BCUT2D eigenvalue weighted by Crippen LogP contribution is -2.60. The number of aliphatic hydroxyl groups is 3. The molecule has 0 aromatic rings. The Balaban J connectivity index is 2.29. The third kappa shape index (κ3) is 34.1. The van der Waals surface area contributed by atoms with Crippen LogP contribution in [0.2, 0.25) is 0 Å². The van der Waals surface area contributed by atoms with E-state index in [0.29, 0.717) is 12.8 Å². The first-order valence-electron chi connectivity index (χ1n) is 26.4. The minimum atomic E-state index is -1.86. The predicted molar refractivity (Wildman–Crippen MR) is 257 cm³/mol. The van der Waals surface area contributed by atoms with E-state index in [1.165, 1.54) is 167 Å². The number of carboxylic acids is 1. The zero-order valence-electron chi connectivity index (χ0n) is 40.8. The molecule has 0 aliphatic carbocycles. The second-order valence-corrected chi connectivity index (χ2v) is 18.4. The molecule has 0 saturated carbocycles. The number of esters is 2. The highest BCUT2D eigenvalue weighted by atomic mass is 16.7. The highest BCUT2D eigenvalue weighted by molar-refractivity contribution is 5.73. The fraction of sp³-hybridized carbons (Fsp3) is 0.868. The summed E-state index contributed by atoms with van der Waals surface area (Å²) in [7, 11) is 0. The van der Waals surface area contributed by atoms with Crippen LogP contribution in [-0.4, -0.2) is 88.4 Å². The maximum Gasteiger partial charge on any atom is 0.335 e. The van der Waals surface area contributed by atoms with Gasteiger partial charge in [0.25, 0.3) is 0 Å². The normalized spacial score (nSPS) is 19.4. The van der Waals surface area contributed by atoms with Crippen LogP contribution in [-0.2, 0) is 33.3 Å². The van der Waals surface area contributed by atoms with E-state index in [4.69, 9.17) is 18.9 Å². The number of unbranched alkanes of at least 4 members (excludes halogenated alkanes) is 30. The van der Waals surface area contributed by atoms with E-state index in [0.717, 1.165) is 38.5 Å². The molecule has 1 saturated heterocycles. The maximum absolute atomic E-state index is 12.8. The zero-order valence-corrected chi connectivity index (χ0v) is 40.8. The summed E-state index contributed by atoms with van der Waals surface area (Å²) in [5, 5.41) is 40.0. The lowest BCUT2D eigenvalue weighted by atomic mass is 9.99. The lowest BCUT2D eigenvalue weighted by Gasteiger charge is -2.38.